The third kappa shape index (κ3) is 4.77. The summed E-state index contributed by atoms with van der Waals surface area (Å²) in [6.07, 6.45) is 0.216. The highest BCUT2D eigenvalue weighted by Gasteiger charge is 2.35. The third-order valence-corrected chi connectivity index (χ3v) is 5.65. The highest BCUT2D eigenvalue weighted by Crippen LogP contribution is 2.28. The van der Waals surface area contributed by atoms with Crippen LogP contribution >= 0.6 is 0 Å². The van der Waals surface area contributed by atoms with Crippen molar-refractivity contribution < 1.29 is 14.3 Å². The van der Waals surface area contributed by atoms with Gasteiger partial charge in [0.15, 0.2) is 0 Å². The SMILES string of the molecule is Cc1cccc(N2C[C@@H](C(=O)Nc3ccc(Oc4ccc(C)c(C)c4)cc3)CC2=O)c1. The molecule has 31 heavy (non-hydrogen) atoms. The van der Waals surface area contributed by atoms with Gasteiger partial charge in [-0.15, -0.1) is 0 Å². The number of hydrogen-bond donors (Lipinski definition) is 1. The maximum atomic E-state index is 12.7. The van der Waals surface area contributed by atoms with Crippen LogP contribution < -0.4 is 15.0 Å². The average molecular weight is 415 g/mol. The summed E-state index contributed by atoms with van der Waals surface area (Å²) in [5, 5.41) is 2.92. The van der Waals surface area contributed by atoms with Crippen molar-refractivity contribution in [3.63, 3.8) is 0 Å². The molecule has 0 saturated carbocycles. The lowest BCUT2D eigenvalue weighted by molar-refractivity contribution is -0.122. The second kappa shape index (κ2) is 8.64. The van der Waals surface area contributed by atoms with Gasteiger partial charge in [0.1, 0.15) is 11.5 Å². The molecule has 3 aromatic carbocycles. The number of nitrogens with one attached hydrogen (secondary N) is 1. The second-order valence-corrected chi connectivity index (χ2v) is 8.11. The van der Waals surface area contributed by atoms with Crippen LogP contribution in [0.15, 0.2) is 66.7 Å². The zero-order chi connectivity index (χ0) is 22.0. The smallest absolute Gasteiger partial charge is 0.229 e. The predicted octanol–water partition coefficient (Wildman–Crippen LogP) is 5.40. The maximum Gasteiger partial charge on any atom is 0.229 e. The number of hydrogen-bond acceptors (Lipinski definition) is 3. The summed E-state index contributed by atoms with van der Waals surface area (Å²) >= 11 is 0. The molecular weight excluding hydrogens is 388 g/mol. The Morgan fingerprint density at radius 3 is 2.39 bits per heavy atom. The topological polar surface area (TPSA) is 58.6 Å². The van der Waals surface area contributed by atoms with Gasteiger partial charge in [-0.3, -0.25) is 9.59 Å². The van der Waals surface area contributed by atoms with Crippen LogP contribution in [0.25, 0.3) is 0 Å². The first kappa shape index (κ1) is 20.7. The van der Waals surface area contributed by atoms with E-state index < -0.39 is 0 Å². The maximum absolute atomic E-state index is 12.7. The number of anilines is 2. The zero-order valence-electron chi connectivity index (χ0n) is 18.0. The van der Waals surface area contributed by atoms with Crippen LogP contribution in [0.4, 0.5) is 11.4 Å². The van der Waals surface area contributed by atoms with Crippen molar-refractivity contribution in [2.45, 2.75) is 27.2 Å². The summed E-state index contributed by atoms with van der Waals surface area (Å²) in [6.45, 7) is 6.49. The van der Waals surface area contributed by atoms with Crippen LogP contribution in [-0.2, 0) is 9.59 Å². The first-order valence-electron chi connectivity index (χ1n) is 10.4. The molecule has 1 N–H and O–H groups in total. The van der Waals surface area contributed by atoms with Gasteiger partial charge in [0, 0.05) is 24.3 Å². The molecule has 0 bridgehead atoms. The molecule has 1 fully saturated rings. The number of carbonyl (C=O) groups excluding carboxylic acids is 2. The van der Waals surface area contributed by atoms with E-state index in [0.29, 0.717) is 18.0 Å². The van der Waals surface area contributed by atoms with Gasteiger partial charge in [-0.05, 0) is 86.0 Å². The van der Waals surface area contributed by atoms with Crippen LogP contribution in [0, 0.1) is 26.7 Å². The summed E-state index contributed by atoms with van der Waals surface area (Å²) < 4.78 is 5.90. The van der Waals surface area contributed by atoms with Gasteiger partial charge in [-0.25, -0.2) is 0 Å². The number of ether oxygens (including phenoxy) is 1. The zero-order valence-corrected chi connectivity index (χ0v) is 18.0. The number of carbonyl (C=O) groups is 2. The van der Waals surface area contributed by atoms with Crippen molar-refractivity contribution in [2.75, 3.05) is 16.8 Å². The molecule has 1 aliphatic heterocycles. The molecule has 158 valence electrons. The third-order valence-electron chi connectivity index (χ3n) is 5.65. The van der Waals surface area contributed by atoms with E-state index in [0.717, 1.165) is 17.0 Å². The first-order valence-corrected chi connectivity index (χ1v) is 10.4. The molecule has 0 unspecified atom stereocenters. The van der Waals surface area contributed by atoms with Crippen LogP contribution in [0.5, 0.6) is 11.5 Å². The molecule has 0 aliphatic carbocycles. The quantitative estimate of drug-likeness (QED) is 0.608. The molecule has 5 heteroatoms. The lowest BCUT2D eigenvalue weighted by Gasteiger charge is -2.17. The Balaban J connectivity index is 1.37. The second-order valence-electron chi connectivity index (χ2n) is 8.11. The average Bonchev–Trinajstić information content (AvgIpc) is 3.14. The van der Waals surface area contributed by atoms with Crippen molar-refractivity contribution in [1.29, 1.82) is 0 Å². The van der Waals surface area contributed by atoms with Gasteiger partial charge in [-0.2, -0.15) is 0 Å². The lowest BCUT2D eigenvalue weighted by Crippen LogP contribution is -2.28. The number of aryl methyl sites for hydroxylation is 3. The Morgan fingerprint density at radius 1 is 0.935 bits per heavy atom. The number of benzene rings is 3. The minimum absolute atomic E-state index is 0.0251. The van der Waals surface area contributed by atoms with E-state index in [1.165, 1.54) is 11.1 Å². The lowest BCUT2D eigenvalue weighted by atomic mass is 10.1. The number of amides is 2. The van der Waals surface area contributed by atoms with Crippen molar-refractivity contribution in [1.82, 2.24) is 0 Å². The van der Waals surface area contributed by atoms with Gasteiger partial charge < -0.3 is 15.0 Å². The van der Waals surface area contributed by atoms with E-state index in [9.17, 15) is 9.59 Å². The highest BCUT2D eigenvalue weighted by atomic mass is 16.5. The summed E-state index contributed by atoms with van der Waals surface area (Å²) in [4.78, 5) is 26.9. The standard InChI is InChI=1S/C26H26N2O3/c1-17-5-4-6-22(13-17)28-16-20(15-25(28)29)26(30)27-21-8-11-23(12-9-21)31-24-10-7-18(2)19(3)14-24/h4-14,20H,15-16H2,1-3H3,(H,27,30)/t20-/m0/s1. The predicted molar refractivity (Wildman–Crippen MR) is 123 cm³/mol. The van der Waals surface area contributed by atoms with E-state index in [1.54, 1.807) is 4.90 Å². The molecule has 1 aliphatic rings. The van der Waals surface area contributed by atoms with Gasteiger partial charge in [0.25, 0.3) is 0 Å². The summed E-state index contributed by atoms with van der Waals surface area (Å²) in [7, 11) is 0. The Kier molecular flexibility index (Phi) is 5.76. The van der Waals surface area contributed by atoms with Crippen LogP contribution in [-0.4, -0.2) is 18.4 Å². The Morgan fingerprint density at radius 2 is 1.68 bits per heavy atom. The number of nitrogens with zero attached hydrogens (tertiary/aromatic N) is 1. The molecule has 1 atom stereocenters. The van der Waals surface area contributed by atoms with Crippen LogP contribution in [0.3, 0.4) is 0 Å². The molecule has 5 nitrogen and oxygen atoms in total. The molecule has 0 aromatic heterocycles. The molecule has 0 spiro atoms. The molecule has 1 saturated heterocycles. The van der Waals surface area contributed by atoms with Crippen molar-refractivity contribution in [2.24, 2.45) is 5.92 Å². The highest BCUT2D eigenvalue weighted by molar-refractivity contribution is 6.03. The van der Waals surface area contributed by atoms with E-state index in [1.807, 2.05) is 73.7 Å². The largest absolute Gasteiger partial charge is 0.457 e. The summed E-state index contributed by atoms with van der Waals surface area (Å²) in [5.41, 5.74) is 5.00. The molecule has 0 radical (unpaired) electrons. The van der Waals surface area contributed by atoms with Crippen molar-refractivity contribution >= 4 is 23.2 Å². The van der Waals surface area contributed by atoms with E-state index >= 15 is 0 Å². The number of rotatable bonds is 5. The summed E-state index contributed by atoms with van der Waals surface area (Å²) in [5.74, 6) is 0.928. The Hall–Kier alpha value is -3.60. The van der Waals surface area contributed by atoms with Gasteiger partial charge >= 0.3 is 0 Å². The molecule has 4 rings (SSSR count). The van der Waals surface area contributed by atoms with Gasteiger partial charge in [0.05, 0.1) is 5.92 Å². The van der Waals surface area contributed by atoms with E-state index in [2.05, 4.69) is 19.2 Å². The van der Waals surface area contributed by atoms with Crippen molar-refractivity contribution in [3.05, 3.63) is 83.4 Å². The fourth-order valence-corrected chi connectivity index (χ4v) is 3.69. The van der Waals surface area contributed by atoms with E-state index in [4.69, 9.17) is 4.74 Å². The Bertz CT molecular complexity index is 1120. The Labute approximate surface area is 182 Å². The van der Waals surface area contributed by atoms with Gasteiger partial charge in [0.2, 0.25) is 11.8 Å². The van der Waals surface area contributed by atoms with E-state index in [-0.39, 0.29) is 24.2 Å². The monoisotopic (exact) mass is 414 g/mol. The van der Waals surface area contributed by atoms with Gasteiger partial charge in [-0.1, -0.05) is 18.2 Å². The van der Waals surface area contributed by atoms with Crippen LogP contribution in [0.1, 0.15) is 23.1 Å². The fraction of sp³-hybridized carbons (Fsp3) is 0.231. The molecule has 2 amide bonds. The molecule has 3 aromatic rings. The van der Waals surface area contributed by atoms with Crippen molar-refractivity contribution in [3.8, 4) is 11.5 Å². The minimum atomic E-state index is -0.375. The first-order chi connectivity index (χ1) is 14.9. The van der Waals surface area contributed by atoms with Crippen LogP contribution in [0.2, 0.25) is 0 Å². The fourth-order valence-electron chi connectivity index (χ4n) is 3.69. The summed E-state index contributed by atoms with van der Waals surface area (Å²) in [6, 6.07) is 21.0. The molecule has 1 heterocycles. The normalized spacial score (nSPS) is 15.8. The minimum Gasteiger partial charge on any atom is -0.457 e. The molecular formula is C26H26N2O3.